The number of nitrogens with one attached hydrogen (secondary N) is 1. The third-order valence-corrected chi connectivity index (χ3v) is 2.60. The van der Waals surface area contributed by atoms with E-state index in [9.17, 15) is 9.90 Å². The van der Waals surface area contributed by atoms with E-state index in [1.165, 1.54) is 6.07 Å². The lowest BCUT2D eigenvalue weighted by atomic mass is 10.1. The van der Waals surface area contributed by atoms with Crippen LogP contribution in [0.5, 0.6) is 5.75 Å². The summed E-state index contributed by atoms with van der Waals surface area (Å²) in [6.45, 7) is 2.21. The van der Waals surface area contributed by atoms with E-state index >= 15 is 0 Å². The van der Waals surface area contributed by atoms with Crippen molar-refractivity contribution in [3.63, 3.8) is 0 Å². The molecule has 1 amide bonds. The van der Waals surface area contributed by atoms with Gasteiger partial charge in [0.15, 0.2) is 0 Å². The van der Waals surface area contributed by atoms with Gasteiger partial charge in [0.25, 0.3) is 5.91 Å². The van der Waals surface area contributed by atoms with Gasteiger partial charge in [-0.25, -0.2) is 0 Å². The molecule has 0 saturated heterocycles. The Kier molecular flexibility index (Phi) is 3.32. The third-order valence-electron chi connectivity index (χ3n) is 2.60. The maximum absolute atomic E-state index is 11.9. The summed E-state index contributed by atoms with van der Waals surface area (Å²) in [5.41, 5.74) is 1.99. The van der Waals surface area contributed by atoms with Crippen LogP contribution in [-0.2, 0) is 13.6 Å². The molecule has 0 bridgehead atoms. The summed E-state index contributed by atoms with van der Waals surface area (Å²) in [7, 11) is 1.82. The van der Waals surface area contributed by atoms with E-state index in [0.29, 0.717) is 6.54 Å². The largest absolute Gasteiger partial charge is 0.507 e. The van der Waals surface area contributed by atoms with Gasteiger partial charge < -0.3 is 10.4 Å². The molecule has 1 aromatic carbocycles. The molecule has 1 aromatic heterocycles. The van der Waals surface area contributed by atoms with Gasteiger partial charge in [0, 0.05) is 13.2 Å². The van der Waals surface area contributed by atoms with Crippen LogP contribution in [0.3, 0.4) is 0 Å². The van der Waals surface area contributed by atoms with Gasteiger partial charge in [-0.2, -0.15) is 5.10 Å². The van der Waals surface area contributed by atoms with Crippen LogP contribution in [0, 0.1) is 6.92 Å². The number of aryl methyl sites for hydroxylation is 2. The van der Waals surface area contributed by atoms with Crippen molar-refractivity contribution in [2.45, 2.75) is 13.5 Å². The average molecular weight is 245 g/mol. The summed E-state index contributed by atoms with van der Waals surface area (Å²) >= 11 is 0. The Morgan fingerprint density at radius 1 is 1.44 bits per heavy atom. The Labute approximate surface area is 105 Å². The van der Waals surface area contributed by atoms with E-state index in [4.69, 9.17) is 0 Å². The molecule has 5 heteroatoms. The van der Waals surface area contributed by atoms with Crippen molar-refractivity contribution < 1.29 is 9.90 Å². The summed E-state index contributed by atoms with van der Waals surface area (Å²) < 4.78 is 1.67. The zero-order valence-corrected chi connectivity index (χ0v) is 10.3. The minimum Gasteiger partial charge on any atom is -0.507 e. The number of phenolic OH excluding ortho intramolecular Hbond substituents is 1. The highest BCUT2D eigenvalue weighted by Crippen LogP contribution is 2.17. The summed E-state index contributed by atoms with van der Waals surface area (Å²) in [6, 6.07) is 6.76. The number of aromatic nitrogens is 2. The minimum atomic E-state index is -0.304. The van der Waals surface area contributed by atoms with Crippen LogP contribution in [0.1, 0.15) is 21.6 Å². The summed E-state index contributed by atoms with van der Waals surface area (Å²) in [4.78, 5) is 11.9. The molecule has 2 aromatic rings. The first-order valence-corrected chi connectivity index (χ1v) is 5.62. The fourth-order valence-electron chi connectivity index (χ4n) is 1.66. The van der Waals surface area contributed by atoms with Crippen LogP contribution in [0.25, 0.3) is 0 Å². The molecule has 94 valence electrons. The zero-order valence-electron chi connectivity index (χ0n) is 10.3. The molecule has 0 saturated carbocycles. The van der Waals surface area contributed by atoms with Gasteiger partial charge in [-0.05, 0) is 25.1 Å². The van der Waals surface area contributed by atoms with Crippen molar-refractivity contribution in [1.29, 1.82) is 0 Å². The number of amides is 1. The van der Waals surface area contributed by atoms with Gasteiger partial charge in [-0.1, -0.05) is 11.6 Å². The quantitative estimate of drug-likeness (QED) is 0.858. The standard InChI is InChI=1S/C13H15N3O2/c1-9-3-4-12(17)11(7-9)13(18)14-8-10-5-6-16(2)15-10/h3-7,17H,8H2,1-2H3,(H,14,18). The first-order valence-electron chi connectivity index (χ1n) is 5.62. The average Bonchev–Trinajstić information content (AvgIpc) is 2.75. The molecule has 0 fully saturated rings. The van der Waals surface area contributed by atoms with E-state index in [2.05, 4.69) is 10.4 Å². The second-order valence-electron chi connectivity index (χ2n) is 4.18. The van der Waals surface area contributed by atoms with E-state index in [0.717, 1.165) is 11.3 Å². The van der Waals surface area contributed by atoms with Crippen LogP contribution in [0.4, 0.5) is 0 Å². The van der Waals surface area contributed by atoms with Gasteiger partial charge in [-0.3, -0.25) is 9.48 Å². The highest BCUT2D eigenvalue weighted by molar-refractivity contribution is 5.96. The summed E-state index contributed by atoms with van der Waals surface area (Å²) in [5.74, 6) is -0.319. The maximum Gasteiger partial charge on any atom is 0.255 e. The second-order valence-corrected chi connectivity index (χ2v) is 4.18. The topological polar surface area (TPSA) is 67.2 Å². The first kappa shape index (κ1) is 12.2. The Balaban J connectivity index is 2.05. The molecule has 2 N–H and O–H groups in total. The van der Waals surface area contributed by atoms with E-state index < -0.39 is 0 Å². The molecule has 0 radical (unpaired) electrons. The Bertz CT molecular complexity index is 575. The molecule has 0 spiro atoms. The molecule has 0 aliphatic heterocycles. The zero-order chi connectivity index (χ0) is 13.1. The smallest absolute Gasteiger partial charge is 0.255 e. The summed E-state index contributed by atoms with van der Waals surface area (Å²) in [5, 5.41) is 16.5. The van der Waals surface area contributed by atoms with Crippen molar-refractivity contribution in [3.05, 3.63) is 47.3 Å². The summed E-state index contributed by atoms with van der Waals surface area (Å²) in [6.07, 6.45) is 1.81. The lowest BCUT2D eigenvalue weighted by Crippen LogP contribution is -2.23. The third kappa shape index (κ3) is 2.68. The number of carbonyl (C=O) groups is 1. The Morgan fingerprint density at radius 2 is 2.22 bits per heavy atom. The number of rotatable bonds is 3. The normalized spacial score (nSPS) is 10.3. The molecular weight excluding hydrogens is 230 g/mol. The highest BCUT2D eigenvalue weighted by Gasteiger charge is 2.11. The number of benzene rings is 1. The van der Waals surface area contributed by atoms with Crippen LogP contribution in [-0.4, -0.2) is 20.8 Å². The van der Waals surface area contributed by atoms with Crippen molar-refractivity contribution in [2.75, 3.05) is 0 Å². The lowest BCUT2D eigenvalue weighted by molar-refractivity contribution is 0.0947. The SMILES string of the molecule is Cc1ccc(O)c(C(=O)NCc2ccn(C)n2)c1. The minimum absolute atomic E-state index is 0.0147. The fourth-order valence-corrected chi connectivity index (χ4v) is 1.66. The molecule has 0 unspecified atom stereocenters. The first-order chi connectivity index (χ1) is 8.56. The van der Waals surface area contributed by atoms with Crippen LogP contribution >= 0.6 is 0 Å². The number of aromatic hydroxyl groups is 1. The number of hydrogen-bond acceptors (Lipinski definition) is 3. The fraction of sp³-hybridized carbons (Fsp3) is 0.231. The van der Waals surface area contributed by atoms with Crippen LogP contribution in [0.15, 0.2) is 30.5 Å². The van der Waals surface area contributed by atoms with Gasteiger partial charge in [0.1, 0.15) is 5.75 Å². The molecule has 0 aliphatic carbocycles. The van der Waals surface area contributed by atoms with Crippen molar-refractivity contribution in [2.24, 2.45) is 7.05 Å². The highest BCUT2D eigenvalue weighted by atomic mass is 16.3. The predicted octanol–water partition coefficient (Wildman–Crippen LogP) is 1.36. The number of hydrogen-bond donors (Lipinski definition) is 2. The molecule has 2 rings (SSSR count). The van der Waals surface area contributed by atoms with Gasteiger partial charge in [0.05, 0.1) is 17.8 Å². The van der Waals surface area contributed by atoms with E-state index in [-0.39, 0.29) is 17.2 Å². The number of phenols is 1. The van der Waals surface area contributed by atoms with E-state index in [1.807, 2.05) is 26.2 Å². The lowest BCUT2D eigenvalue weighted by Gasteiger charge is -2.06. The van der Waals surface area contributed by atoms with E-state index in [1.54, 1.807) is 16.8 Å². The van der Waals surface area contributed by atoms with Gasteiger partial charge in [-0.15, -0.1) is 0 Å². The Hall–Kier alpha value is -2.30. The molecule has 0 atom stereocenters. The van der Waals surface area contributed by atoms with Crippen LogP contribution < -0.4 is 5.32 Å². The van der Waals surface area contributed by atoms with Gasteiger partial charge in [0.2, 0.25) is 0 Å². The molecular formula is C13H15N3O2. The molecule has 1 heterocycles. The second kappa shape index (κ2) is 4.91. The molecule has 5 nitrogen and oxygen atoms in total. The maximum atomic E-state index is 11.9. The van der Waals surface area contributed by atoms with Gasteiger partial charge >= 0.3 is 0 Å². The van der Waals surface area contributed by atoms with Crippen molar-refractivity contribution >= 4 is 5.91 Å². The number of carbonyl (C=O) groups excluding carboxylic acids is 1. The monoisotopic (exact) mass is 245 g/mol. The molecule has 18 heavy (non-hydrogen) atoms. The Morgan fingerprint density at radius 3 is 2.89 bits per heavy atom. The predicted molar refractivity (Wildman–Crippen MR) is 67.2 cm³/mol. The number of nitrogens with zero attached hydrogens (tertiary/aromatic N) is 2. The van der Waals surface area contributed by atoms with Crippen molar-refractivity contribution in [1.82, 2.24) is 15.1 Å². The van der Waals surface area contributed by atoms with Crippen LogP contribution in [0.2, 0.25) is 0 Å². The molecule has 0 aliphatic rings. The van der Waals surface area contributed by atoms with Crippen molar-refractivity contribution in [3.8, 4) is 5.75 Å².